The highest BCUT2D eigenvalue weighted by molar-refractivity contribution is 5.59. The van der Waals surface area contributed by atoms with Crippen molar-refractivity contribution in [3.8, 4) is 5.69 Å². The molecule has 2 aromatic carbocycles. The number of aryl methyl sites for hydroxylation is 2. The summed E-state index contributed by atoms with van der Waals surface area (Å²) in [5.41, 5.74) is 3.14. The van der Waals surface area contributed by atoms with Crippen LogP contribution in [0.5, 0.6) is 0 Å². The molecule has 1 N–H and O–H groups in total. The molecule has 0 fully saturated rings. The first-order chi connectivity index (χ1) is 10.1. The Bertz CT molecular complexity index is 765. The fourth-order valence-corrected chi connectivity index (χ4v) is 2.06. The Morgan fingerprint density at radius 3 is 2.57 bits per heavy atom. The Labute approximate surface area is 122 Å². The van der Waals surface area contributed by atoms with Crippen LogP contribution in [0.15, 0.2) is 48.8 Å². The summed E-state index contributed by atoms with van der Waals surface area (Å²) in [5.74, 6) is 0.272. The van der Waals surface area contributed by atoms with Crippen LogP contribution in [0.2, 0.25) is 0 Å². The van der Waals surface area contributed by atoms with Gasteiger partial charge in [-0.05, 0) is 49.2 Å². The number of hydrogen-bond acceptors (Lipinski definition) is 3. The maximum Gasteiger partial charge on any atom is 0.246 e. The molecular weight excluding hydrogens is 267 g/mol. The molecule has 21 heavy (non-hydrogen) atoms. The SMILES string of the molecule is Cc1cc(Nc2ncn(-c3ccccc3)n2)c(C)cc1F. The molecule has 0 amide bonds. The highest BCUT2D eigenvalue weighted by atomic mass is 19.1. The molecule has 106 valence electrons. The van der Waals surface area contributed by atoms with E-state index in [1.807, 2.05) is 37.3 Å². The molecule has 0 radical (unpaired) electrons. The summed E-state index contributed by atoms with van der Waals surface area (Å²) in [5, 5.41) is 7.49. The van der Waals surface area contributed by atoms with Crippen LogP contribution < -0.4 is 5.32 Å². The molecule has 0 saturated carbocycles. The van der Waals surface area contributed by atoms with Crippen molar-refractivity contribution in [3.63, 3.8) is 0 Å². The van der Waals surface area contributed by atoms with Crippen LogP contribution in [0.4, 0.5) is 16.0 Å². The van der Waals surface area contributed by atoms with Crippen LogP contribution in [-0.4, -0.2) is 14.8 Å². The minimum absolute atomic E-state index is 0.208. The second-order valence-corrected chi connectivity index (χ2v) is 4.89. The average molecular weight is 282 g/mol. The Morgan fingerprint density at radius 1 is 1.05 bits per heavy atom. The quantitative estimate of drug-likeness (QED) is 0.795. The topological polar surface area (TPSA) is 42.7 Å². The maximum absolute atomic E-state index is 13.5. The van der Waals surface area contributed by atoms with Gasteiger partial charge in [0.2, 0.25) is 5.95 Å². The van der Waals surface area contributed by atoms with E-state index in [1.54, 1.807) is 24.0 Å². The van der Waals surface area contributed by atoms with Crippen LogP contribution in [0, 0.1) is 19.7 Å². The van der Waals surface area contributed by atoms with E-state index in [0.29, 0.717) is 11.5 Å². The molecule has 4 nitrogen and oxygen atoms in total. The van der Waals surface area contributed by atoms with Gasteiger partial charge in [-0.15, -0.1) is 5.10 Å². The van der Waals surface area contributed by atoms with Crippen LogP contribution >= 0.6 is 0 Å². The molecule has 3 aromatic rings. The predicted molar refractivity (Wildman–Crippen MR) is 80.5 cm³/mol. The predicted octanol–water partition coefficient (Wildman–Crippen LogP) is 3.77. The Morgan fingerprint density at radius 2 is 1.81 bits per heavy atom. The van der Waals surface area contributed by atoms with Crippen molar-refractivity contribution in [2.75, 3.05) is 5.32 Å². The van der Waals surface area contributed by atoms with E-state index in [2.05, 4.69) is 15.4 Å². The summed E-state index contributed by atoms with van der Waals surface area (Å²) in [4.78, 5) is 4.23. The lowest BCUT2D eigenvalue weighted by Gasteiger charge is -2.08. The summed E-state index contributed by atoms with van der Waals surface area (Å²) < 4.78 is 15.1. The lowest BCUT2D eigenvalue weighted by atomic mass is 10.1. The summed E-state index contributed by atoms with van der Waals surface area (Å²) in [6.07, 6.45) is 1.64. The van der Waals surface area contributed by atoms with Crippen molar-refractivity contribution in [1.29, 1.82) is 0 Å². The number of nitrogens with zero attached hydrogens (tertiary/aromatic N) is 3. The van der Waals surface area contributed by atoms with Gasteiger partial charge in [0.1, 0.15) is 12.1 Å². The zero-order valence-corrected chi connectivity index (χ0v) is 11.8. The molecule has 0 spiro atoms. The average Bonchev–Trinajstić information content (AvgIpc) is 2.94. The number of aromatic nitrogens is 3. The summed E-state index contributed by atoms with van der Waals surface area (Å²) in [7, 11) is 0. The largest absolute Gasteiger partial charge is 0.323 e. The number of rotatable bonds is 3. The van der Waals surface area contributed by atoms with E-state index >= 15 is 0 Å². The molecule has 0 saturated heterocycles. The third-order valence-corrected chi connectivity index (χ3v) is 3.26. The highest BCUT2D eigenvalue weighted by Gasteiger charge is 2.07. The van der Waals surface area contributed by atoms with Gasteiger partial charge in [0.15, 0.2) is 0 Å². The molecule has 0 aliphatic rings. The Hall–Kier alpha value is -2.69. The van der Waals surface area contributed by atoms with E-state index in [9.17, 15) is 4.39 Å². The highest BCUT2D eigenvalue weighted by Crippen LogP contribution is 2.22. The standard InChI is InChI=1S/C16H15FN4/c1-11-9-15(12(2)8-14(11)17)19-16-18-10-21(20-16)13-6-4-3-5-7-13/h3-10H,1-2H3,(H,19,20). The first kappa shape index (κ1) is 13.3. The van der Waals surface area contributed by atoms with E-state index < -0.39 is 0 Å². The van der Waals surface area contributed by atoms with E-state index in [4.69, 9.17) is 0 Å². The molecule has 0 aliphatic carbocycles. The monoisotopic (exact) mass is 282 g/mol. The number of halogens is 1. The number of nitrogens with one attached hydrogen (secondary N) is 1. The molecule has 1 heterocycles. The first-order valence-electron chi connectivity index (χ1n) is 6.64. The van der Waals surface area contributed by atoms with Crippen molar-refractivity contribution < 1.29 is 4.39 Å². The van der Waals surface area contributed by atoms with Crippen LogP contribution in [0.1, 0.15) is 11.1 Å². The van der Waals surface area contributed by atoms with Crippen molar-refractivity contribution in [3.05, 3.63) is 65.7 Å². The molecular formula is C16H15FN4. The third-order valence-electron chi connectivity index (χ3n) is 3.26. The lowest BCUT2D eigenvalue weighted by Crippen LogP contribution is -1.99. The molecule has 0 unspecified atom stereocenters. The van der Waals surface area contributed by atoms with Gasteiger partial charge in [-0.25, -0.2) is 9.07 Å². The first-order valence-corrected chi connectivity index (χ1v) is 6.64. The second-order valence-electron chi connectivity index (χ2n) is 4.89. The zero-order chi connectivity index (χ0) is 14.8. The van der Waals surface area contributed by atoms with Gasteiger partial charge < -0.3 is 5.32 Å². The van der Waals surface area contributed by atoms with Crippen LogP contribution in [-0.2, 0) is 0 Å². The van der Waals surface area contributed by atoms with Gasteiger partial charge in [-0.3, -0.25) is 0 Å². The van der Waals surface area contributed by atoms with Gasteiger partial charge in [0, 0.05) is 5.69 Å². The maximum atomic E-state index is 13.5. The zero-order valence-electron chi connectivity index (χ0n) is 11.8. The normalized spacial score (nSPS) is 10.6. The van der Waals surface area contributed by atoms with Gasteiger partial charge in [0.05, 0.1) is 5.69 Å². The lowest BCUT2D eigenvalue weighted by molar-refractivity contribution is 0.617. The van der Waals surface area contributed by atoms with Crippen molar-refractivity contribution in [2.45, 2.75) is 13.8 Å². The van der Waals surface area contributed by atoms with E-state index in [1.165, 1.54) is 6.07 Å². The van der Waals surface area contributed by atoms with Crippen LogP contribution in [0.25, 0.3) is 5.69 Å². The fourth-order valence-electron chi connectivity index (χ4n) is 2.06. The summed E-state index contributed by atoms with van der Waals surface area (Å²) in [6, 6.07) is 13.0. The van der Waals surface area contributed by atoms with Gasteiger partial charge in [-0.1, -0.05) is 18.2 Å². The Kier molecular flexibility index (Phi) is 3.39. The summed E-state index contributed by atoms with van der Waals surface area (Å²) >= 11 is 0. The van der Waals surface area contributed by atoms with Crippen molar-refractivity contribution in [1.82, 2.24) is 14.8 Å². The van der Waals surface area contributed by atoms with Crippen molar-refractivity contribution >= 4 is 11.6 Å². The number of anilines is 2. The molecule has 1 aromatic heterocycles. The van der Waals surface area contributed by atoms with E-state index in [0.717, 1.165) is 16.9 Å². The Balaban J connectivity index is 1.87. The number of para-hydroxylation sites is 1. The smallest absolute Gasteiger partial charge is 0.246 e. The molecule has 3 rings (SSSR count). The minimum atomic E-state index is -0.208. The van der Waals surface area contributed by atoms with E-state index in [-0.39, 0.29) is 5.82 Å². The molecule has 5 heteroatoms. The minimum Gasteiger partial charge on any atom is -0.323 e. The second kappa shape index (κ2) is 5.36. The van der Waals surface area contributed by atoms with Crippen LogP contribution in [0.3, 0.4) is 0 Å². The van der Waals surface area contributed by atoms with Gasteiger partial charge in [0.25, 0.3) is 0 Å². The molecule has 0 bridgehead atoms. The van der Waals surface area contributed by atoms with Crippen molar-refractivity contribution in [2.24, 2.45) is 0 Å². The van der Waals surface area contributed by atoms with Gasteiger partial charge >= 0.3 is 0 Å². The number of hydrogen-bond donors (Lipinski definition) is 1. The summed E-state index contributed by atoms with van der Waals surface area (Å²) in [6.45, 7) is 3.58. The fraction of sp³-hybridized carbons (Fsp3) is 0.125. The third kappa shape index (κ3) is 2.76. The van der Waals surface area contributed by atoms with Gasteiger partial charge in [-0.2, -0.15) is 4.98 Å². The molecule has 0 aliphatic heterocycles. The number of benzene rings is 2. The molecule has 0 atom stereocenters.